The first-order chi connectivity index (χ1) is 7.29. The molecule has 0 aromatic carbocycles. The average Bonchev–Trinajstić information content (AvgIpc) is 2.47. The summed E-state index contributed by atoms with van der Waals surface area (Å²) >= 11 is 2.97. The molecule has 1 aromatic heterocycles. The Morgan fingerprint density at radius 1 is 1.62 bits per heavy atom. The number of carbonyl (C=O) groups is 1. The molecule has 90 valence electrons. The van der Waals surface area contributed by atoms with Gasteiger partial charge in [-0.1, -0.05) is 0 Å². The van der Waals surface area contributed by atoms with E-state index in [0.29, 0.717) is 0 Å². The minimum Gasteiger partial charge on any atom is -0.457 e. The quantitative estimate of drug-likeness (QED) is 0.932. The van der Waals surface area contributed by atoms with Gasteiger partial charge >= 0.3 is 6.18 Å². The van der Waals surface area contributed by atoms with Gasteiger partial charge in [0.15, 0.2) is 4.67 Å². The van der Waals surface area contributed by atoms with Gasteiger partial charge in [0.1, 0.15) is 0 Å². The van der Waals surface area contributed by atoms with Crippen molar-refractivity contribution in [2.45, 2.75) is 25.6 Å². The molecule has 1 aromatic rings. The molecule has 0 aliphatic rings. The summed E-state index contributed by atoms with van der Waals surface area (Å²) < 4.78 is 41.0. The second-order valence-electron chi connectivity index (χ2n) is 3.30. The average molecular weight is 300 g/mol. The molecular weight excluding hydrogens is 291 g/mol. The Morgan fingerprint density at radius 3 is 2.69 bits per heavy atom. The van der Waals surface area contributed by atoms with Crippen LogP contribution < -0.4 is 5.32 Å². The van der Waals surface area contributed by atoms with E-state index in [1.54, 1.807) is 0 Å². The largest absolute Gasteiger partial charge is 0.457 e. The fourth-order valence-corrected chi connectivity index (χ4v) is 1.58. The number of hydrogen-bond acceptors (Lipinski definition) is 2. The van der Waals surface area contributed by atoms with Crippen LogP contribution in [0.15, 0.2) is 21.4 Å². The number of alkyl halides is 3. The second-order valence-corrected chi connectivity index (χ2v) is 4.02. The maximum atomic E-state index is 12.0. The van der Waals surface area contributed by atoms with Crippen molar-refractivity contribution in [1.29, 1.82) is 0 Å². The number of rotatable bonds is 3. The standard InChI is InChI=1S/C9H9BrF3NO2/c1-5(4-9(11,12)13)14-8(15)6-2-3-16-7(6)10/h2-3,5H,4H2,1H3,(H,14,15). The first-order valence-electron chi connectivity index (χ1n) is 4.40. The Kier molecular flexibility index (Phi) is 4.01. The first-order valence-corrected chi connectivity index (χ1v) is 5.19. The molecule has 1 heterocycles. The lowest BCUT2D eigenvalue weighted by Crippen LogP contribution is -2.35. The van der Waals surface area contributed by atoms with Crippen LogP contribution in [0.1, 0.15) is 23.7 Å². The van der Waals surface area contributed by atoms with Crippen molar-refractivity contribution in [1.82, 2.24) is 5.32 Å². The van der Waals surface area contributed by atoms with Gasteiger partial charge in [-0.25, -0.2) is 0 Å². The maximum absolute atomic E-state index is 12.0. The lowest BCUT2D eigenvalue weighted by molar-refractivity contribution is -0.138. The van der Waals surface area contributed by atoms with Crippen LogP contribution in [0.2, 0.25) is 0 Å². The van der Waals surface area contributed by atoms with E-state index in [0.717, 1.165) is 0 Å². The van der Waals surface area contributed by atoms with Crippen LogP contribution in [-0.4, -0.2) is 18.1 Å². The summed E-state index contributed by atoms with van der Waals surface area (Å²) in [6, 6.07) is 0.397. The van der Waals surface area contributed by atoms with Crippen molar-refractivity contribution in [3.63, 3.8) is 0 Å². The second kappa shape index (κ2) is 4.90. The SMILES string of the molecule is CC(CC(F)(F)F)NC(=O)c1ccoc1Br. The highest BCUT2D eigenvalue weighted by Crippen LogP contribution is 2.22. The van der Waals surface area contributed by atoms with E-state index >= 15 is 0 Å². The molecule has 1 unspecified atom stereocenters. The lowest BCUT2D eigenvalue weighted by Gasteiger charge is -2.15. The third-order valence-electron chi connectivity index (χ3n) is 1.78. The Labute approximate surface area is 98.1 Å². The fourth-order valence-electron chi connectivity index (χ4n) is 1.16. The molecule has 1 N–H and O–H groups in total. The Balaban J connectivity index is 2.56. The maximum Gasteiger partial charge on any atom is 0.391 e. The summed E-state index contributed by atoms with van der Waals surface area (Å²) in [5, 5.41) is 2.23. The highest BCUT2D eigenvalue weighted by Gasteiger charge is 2.30. The Hall–Kier alpha value is -0.980. The summed E-state index contributed by atoms with van der Waals surface area (Å²) in [6.07, 6.45) is -4.08. The van der Waals surface area contributed by atoms with E-state index in [2.05, 4.69) is 21.2 Å². The molecule has 0 aliphatic heterocycles. The van der Waals surface area contributed by atoms with Gasteiger partial charge in [0.05, 0.1) is 18.2 Å². The van der Waals surface area contributed by atoms with E-state index in [-0.39, 0.29) is 10.2 Å². The topological polar surface area (TPSA) is 42.2 Å². The molecule has 7 heteroatoms. The van der Waals surface area contributed by atoms with Crippen molar-refractivity contribution in [2.24, 2.45) is 0 Å². The zero-order valence-electron chi connectivity index (χ0n) is 8.27. The van der Waals surface area contributed by atoms with E-state index < -0.39 is 24.5 Å². The van der Waals surface area contributed by atoms with Gasteiger partial charge in [-0.05, 0) is 28.9 Å². The predicted molar refractivity (Wildman–Crippen MR) is 54.0 cm³/mol. The Morgan fingerprint density at radius 2 is 2.25 bits per heavy atom. The van der Waals surface area contributed by atoms with Crippen molar-refractivity contribution < 1.29 is 22.4 Å². The molecule has 0 saturated carbocycles. The molecule has 1 rings (SSSR count). The first kappa shape index (κ1) is 13.1. The van der Waals surface area contributed by atoms with Gasteiger partial charge in [0.2, 0.25) is 0 Å². The summed E-state index contributed by atoms with van der Waals surface area (Å²) in [4.78, 5) is 11.5. The molecule has 0 aliphatic carbocycles. The summed E-state index contributed by atoms with van der Waals surface area (Å²) in [7, 11) is 0. The molecule has 3 nitrogen and oxygen atoms in total. The van der Waals surface area contributed by atoms with Crippen molar-refractivity contribution in [3.8, 4) is 0 Å². The van der Waals surface area contributed by atoms with Crippen LogP contribution in [0.25, 0.3) is 0 Å². The van der Waals surface area contributed by atoms with Gasteiger partial charge in [-0.3, -0.25) is 4.79 Å². The molecule has 0 spiro atoms. The monoisotopic (exact) mass is 299 g/mol. The molecule has 1 amide bonds. The van der Waals surface area contributed by atoms with Gasteiger partial charge in [-0.15, -0.1) is 0 Å². The number of halogens is 4. The minimum atomic E-state index is -4.29. The number of furan rings is 1. The van der Waals surface area contributed by atoms with Crippen molar-refractivity contribution >= 4 is 21.8 Å². The summed E-state index contributed by atoms with van der Waals surface area (Å²) in [6.45, 7) is 1.29. The molecule has 0 fully saturated rings. The zero-order chi connectivity index (χ0) is 12.3. The number of nitrogens with one attached hydrogen (secondary N) is 1. The van der Waals surface area contributed by atoms with E-state index in [4.69, 9.17) is 4.42 Å². The van der Waals surface area contributed by atoms with Gasteiger partial charge in [-0.2, -0.15) is 13.2 Å². The Bertz CT molecular complexity index is 375. The third kappa shape index (κ3) is 3.88. The summed E-state index contributed by atoms with van der Waals surface area (Å²) in [5.41, 5.74) is 0.175. The van der Waals surface area contributed by atoms with Crippen LogP contribution in [0, 0.1) is 0 Å². The fraction of sp³-hybridized carbons (Fsp3) is 0.444. The zero-order valence-corrected chi connectivity index (χ0v) is 9.85. The van der Waals surface area contributed by atoms with Crippen LogP contribution in [0.5, 0.6) is 0 Å². The molecular formula is C9H9BrF3NO2. The highest BCUT2D eigenvalue weighted by atomic mass is 79.9. The van der Waals surface area contributed by atoms with Gasteiger partial charge < -0.3 is 9.73 Å². The smallest absolute Gasteiger partial charge is 0.391 e. The van der Waals surface area contributed by atoms with Gasteiger partial charge in [0, 0.05) is 6.04 Å². The minimum absolute atomic E-state index is 0.175. The van der Waals surface area contributed by atoms with Crippen LogP contribution in [0.3, 0.4) is 0 Å². The number of amides is 1. The molecule has 0 radical (unpaired) electrons. The molecule has 1 atom stereocenters. The van der Waals surface area contributed by atoms with Gasteiger partial charge in [0.25, 0.3) is 5.91 Å². The van der Waals surface area contributed by atoms with Crippen LogP contribution >= 0.6 is 15.9 Å². The van der Waals surface area contributed by atoms with E-state index in [9.17, 15) is 18.0 Å². The molecule has 0 saturated heterocycles. The molecule has 0 bridgehead atoms. The van der Waals surface area contributed by atoms with E-state index in [1.807, 2.05) is 0 Å². The summed E-state index contributed by atoms with van der Waals surface area (Å²) in [5.74, 6) is -0.600. The predicted octanol–water partition coefficient (Wildman–Crippen LogP) is 3.11. The van der Waals surface area contributed by atoms with E-state index in [1.165, 1.54) is 19.3 Å². The lowest BCUT2D eigenvalue weighted by atomic mass is 10.2. The number of carbonyl (C=O) groups excluding carboxylic acids is 1. The normalized spacial score (nSPS) is 13.6. The molecule has 16 heavy (non-hydrogen) atoms. The van der Waals surface area contributed by atoms with Crippen molar-refractivity contribution in [3.05, 3.63) is 22.6 Å². The van der Waals surface area contributed by atoms with Crippen LogP contribution in [-0.2, 0) is 0 Å². The third-order valence-corrected chi connectivity index (χ3v) is 2.39. The van der Waals surface area contributed by atoms with Crippen LogP contribution in [0.4, 0.5) is 13.2 Å². The van der Waals surface area contributed by atoms with Crippen molar-refractivity contribution in [2.75, 3.05) is 0 Å². The highest BCUT2D eigenvalue weighted by molar-refractivity contribution is 9.10. The number of hydrogen-bond donors (Lipinski definition) is 1.